The van der Waals surface area contributed by atoms with Gasteiger partial charge in [-0.2, -0.15) is 0 Å². The number of benzene rings is 1. The zero-order chi connectivity index (χ0) is 13.7. The van der Waals surface area contributed by atoms with Crippen molar-refractivity contribution in [3.05, 3.63) is 53.9 Å². The van der Waals surface area contributed by atoms with Crippen LogP contribution >= 0.6 is 0 Å². The van der Waals surface area contributed by atoms with Crippen molar-refractivity contribution in [3.63, 3.8) is 0 Å². The second kappa shape index (κ2) is 5.86. The van der Waals surface area contributed by atoms with Crippen LogP contribution in [0.4, 0.5) is 5.69 Å². The molecular weight excluding hydrogens is 244 g/mol. The Bertz CT molecular complexity index is 550. The van der Waals surface area contributed by atoms with Crippen LogP contribution in [0.5, 0.6) is 5.75 Å². The summed E-state index contributed by atoms with van der Waals surface area (Å²) < 4.78 is 5.08. The summed E-state index contributed by atoms with van der Waals surface area (Å²) in [6.45, 7) is 0.637. The largest absolute Gasteiger partial charge is 0.497 e. The quantitative estimate of drug-likeness (QED) is 0.861. The summed E-state index contributed by atoms with van der Waals surface area (Å²) in [7, 11) is 1.63. The molecule has 2 aromatic rings. The first-order chi connectivity index (χ1) is 9.19. The fourth-order valence-corrected chi connectivity index (χ4v) is 1.57. The summed E-state index contributed by atoms with van der Waals surface area (Å²) in [4.78, 5) is 14.5. The van der Waals surface area contributed by atoms with Crippen LogP contribution in [0.1, 0.15) is 16.1 Å². The second-order valence-electron chi connectivity index (χ2n) is 3.94. The highest BCUT2D eigenvalue weighted by Gasteiger charge is 2.03. The number of methoxy groups -OCH3 is 1. The molecule has 5 heteroatoms. The molecule has 1 heterocycles. The lowest BCUT2D eigenvalue weighted by Crippen LogP contribution is -2.03. The first-order valence-corrected chi connectivity index (χ1v) is 5.75. The molecule has 2 rings (SSSR count). The van der Waals surface area contributed by atoms with Crippen molar-refractivity contribution in [2.45, 2.75) is 6.54 Å². The third kappa shape index (κ3) is 3.45. The van der Waals surface area contributed by atoms with E-state index in [0.717, 1.165) is 17.0 Å². The van der Waals surface area contributed by atoms with E-state index in [1.54, 1.807) is 13.2 Å². The number of nitrogens with one attached hydrogen (secondary N) is 1. The highest BCUT2D eigenvalue weighted by atomic mass is 16.5. The minimum absolute atomic E-state index is 0.0370. The van der Waals surface area contributed by atoms with Crippen LogP contribution in [0.2, 0.25) is 0 Å². The van der Waals surface area contributed by atoms with E-state index < -0.39 is 5.97 Å². The number of hydrogen-bond donors (Lipinski definition) is 2. The van der Waals surface area contributed by atoms with Crippen molar-refractivity contribution in [3.8, 4) is 5.75 Å². The molecule has 0 amide bonds. The van der Waals surface area contributed by atoms with E-state index in [1.165, 1.54) is 12.3 Å². The monoisotopic (exact) mass is 258 g/mol. The maximum atomic E-state index is 10.7. The zero-order valence-electron chi connectivity index (χ0n) is 10.5. The zero-order valence-corrected chi connectivity index (χ0v) is 10.5. The van der Waals surface area contributed by atoms with E-state index in [2.05, 4.69) is 10.3 Å². The van der Waals surface area contributed by atoms with Gasteiger partial charge in [0.25, 0.3) is 0 Å². The molecule has 1 aromatic carbocycles. The Hall–Kier alpha value is -2.56. The minimum atomic E-state index is -1.03. The Balaban J connectivity index is 1.95. The number of carboxylic acid groups (broad SMARTS) is 1. The van der Waals surface area contributed by atoms with Crippen LogP contribution < -0.4 is 10.1 Å². The lowest BCUT2D eigenvalue weighted by molar-refractivity contribution is 0.0690. The molecule has 2 N–H and O–H groups in total. The summed E-state index contributed by atoms with van der Waals surface area (Å²) in [6.07, 6.45) is 1.51. The standard InChI is InChI=1S/C14H14N2O3/c1-19-12-5-2-10(3-6-12)8-15-11-4-7-13(14(17)18)16-9-11/h2-7,9,15H,8H2,1H3,(H,17,18). The van der Waals surface area contributed by atoms with Gasteiger partial charge in [-0.3, -0.25) is 0 Å². The van der Waals surface area contributed by atoms with Gasteiger partial charge in [-0.15, -0.1) is 0 Å². The van der Waals surface area contributed by atoms with Crippen molar-refractivity contribution < 1.29 is 14.6 Å². The molecule has 5 nitrogen and oxygen atoms in total. The van der Waals surface area contributed by atoms with Crippen molar-refractivity contribution in [2.24, 2.45) is 0 Å². The molecule has 98 valence electrons. The van der Waals surface area contributed by atoms with Crippen LogP contribution in [0.25, 0.3) is 0 Å². The van der Waals surface area contributed by atoms with Crippen LogP contribution in [-0.2, 0) is 6.54 Å². The first-order valence-electron chi connectivity index (χ1n) is 5.75. The van der Waals surface area contributed by atoms with Gasteiger partial charge in [0.2, 0.25) is 0 Å². The molecule has 0 aliphatic heterocycles. The third-order valence-corrected chi connectivity index (χ3v) is 2.64. The highest BCUT2D eigenvalue weighted by Crippen LogP contribution is 2.13. The normalized spacial score (nSPS) is 9.95. The number of rotatable bonds is 5. The van der Waals surface area contributed by atoms with E-state index in [-0.39, 0.29) is 5.69 Å². The number of ether oxygens (including phenoxy) is 1. The maximum absolute atomic E-state index is 10.7. The smallest absolute Gasteiger partial charge is 0.354 e. The highest BCUT2D eigenvalue weighted by molar-refractivity contribution is 5.85. The average Bonchev–Trinajstić information content (AvgIpc) is 2.46. The van der Waals surface area contributed by atoms with Crippen LogP contribution in [0.15, 0.2) is 42.6 Å². The second-order valence-corrected chi connectivity index (χ2v) is 3.94. The topological polar surface area (TPSA) is 71.5 Å². The number of pyridine rings is 1. The lowest BCUT2D eigenvalue weighted by Gasteiger charge is -2.07. The van der Waals surface area contributed by atoms with E-state index in [1.807, 2.05) is 24.3 Å². The molecule has 0 aliphatic carbocycles. The first kappa shape index (κ1) is 12.9. The van der Waals surface area contributed by atoms with Gasteiger partial charge in [0, 0.05) is 6.54 Å². The Morgan fingerprint density at radius 2 is 2.00 bits per heavy atom. The van der Waals surface area contributed by atoms with Gasteiger partial charge < -0.3 is 15.2 Å². The molecule has 0 aliphatic rings. The summed E-state index contributed by atoms with van der Waals surface area (Å²) in [6, 6.07) is 10.9. The Kier molecular flexibility index (Phi) is 3.97. The molecule has 1 aromatic heterocycles. The molecule has 0 atom stereocenters. The number of hydrogen-bond acceptors (Lipinski definition) is 4. The van der Waals surface area contributed by atoms with Crippen molar-refractivity contribution in [1.82, 2.24) is 4.98 Å². The fourth-order valence-electron chi connectivity index (χ4n) is 1.57. The van der Waals surface area contributed by atoms with Gasteiger partial charge in [0.15, 0.2) is 0 Å². The van der Waals surface area contributed by atoms with Crippen LogP contribution in [0.3, 0.4) is 0 Å². The predicted octanol–water partition coefficient (Wildman–Crippen LogP) is 2.40. The SMILES string of the molecule is COc1ccc(CNc2ccc(C(=O)O)nc2)cc1. The Labute approximate surface area is 110 Å². The van der Waals surface area contributed by atoms with E-state index in [9.17, 15) is 4.79 Å². The van der Waals surface area contributed by atoms with Gasteiger partial charge in [-0.25, -0.2) is 9.78 Å². The number of nitrogens with zero attached hydrogens (tertiary/aromatic N) is 1. The molecule has 0 unspecified atom stereocenters. The van der Waals surface area contributed by atoms with Gasteiger partial charge in [-0.05, 0) is 29.8 Å². The molecule has 0 bridgehead atoms. The summed E-state index contributed by atoms with van der Waals surface area (Å²) in [5.74, 6) is -0.210. The number of carbonyl (C=O) groups is 1. The van der Waals surface area contributed by atoms with Crippen LogP contribution in [0, 0.1) is 0 Å². The van der Waals surface area contributed by atoms with Gasteiger partial charge in [0.1, 0.15) is 11.4 Å². The molecule has 0 fully saturated rings. The van der Waals surface area contributed by atoms with Crippen molar-refractivity contribution in [1.29, 1.82) is 0 Å². The summed E-state index contributed by atoms with van der Waals surface area (Å²) in [5, 5.41) is 11.9. The van der Waals surface area contributed by atoms with Crippen molar-refractivity contribution in [2.75, 3.05) is 12.4 Å². The van der Waals surface area contributed by atoms with Crippen LogP contribution in [-0.4, -0.2) is 23.2 Å². The minimum Gasteiger partial charge on any atom is -0.497 e. The number of aromatic nitrogens is 1. The molecule has 19 heavy (non-hydrogen) atoms. The lowest BCUT2D eigenvalue weighted by atomic mass is 10.2. The fraction of sp³-hybridized carbons (Fsp3) is 0.143. The van der Waals surface area contributed by atoms with Crippen molar-refractivity contribution >= 4 is 11.7 Å². The van der Waals surface area contributed by atoms with E-state index >= 15 is 0 Å². The number of carboxylic acids is 1. The summed E-state index contributed by atoms with van der Waals surface area (Å²) in [5.41, 5.74) is 1.92. The van der Waals surface area contributed by atoms with Gasteiger partial charge in [0.05, 0.1) is 19.0 Å². The van der Waals surface area contributed by atoms with E-state index in [0.29, 0.717) is 6.54 Å². The third-order valence-electron chi connectivity index (χ3n) is 2.64. The summed E-state index contributed by atoms with van der Waals surface area (Å²) >= 11 is 0. The van der Waals surface area contributed by atoms with Gasteiger partial charge in [-0.1, -0.05) is 12.1 Å². The number of anilines is 1. The Morgan fingerprint density at radius 1 is 1.26 bits per heavy atom. The number of aromatic carboxylic acids is 1. The molecule has 0 saturated carbocycles. The molecule has 0 radical (unpaired) electrons. The van der Waals surface area contributed by atoms with E-state index in [4.69, 9.17) is 9.84 Å². The molecular formula is C14H14N2O3. The predicted molar refractivity (Wildman–Crippen MR) is 71.5 cm³/mol. The Morgan fingerprint density at radius 3 is 2.53 bits per heavy atom. The molecule has 0 spiro atoms. The maximum Gasteiger partial charge on any atom is 0.354 e. The average molecular weight is 258 g/mol. The van der Waals surface area contributed by atoms with Gasteiger partial charge >= 0.3 is 5.97 Å². The molecule has 0 saturated heterocycles.